The van der Waals surface area contributed by atoms with Crippen LogP contribution in [0.25, 0.3) is 0 Å². The Bertz CT molecular complexity index is 1040. The highest BCUT2D eigenvalue weighted by Crippen LogP contribution is 2.19. The number of benzene rings is 2. The molecule has 168 valence electrons. The molecule has 0 aliphatic heterocycles. The molecule has 0 radical (unpaired) electrons. The number of aliphatic hydroxyl groups is 1. The van der Waals surface area contributed by atoms with Crippen molar-refractivity contribution < 1.29 is 15.0 Å². The van der Waals surface area contributed by atoms with Crippen molar-refractivity contribution in [3.8, 4) is 5.75 Å². The summed E-state index contributed by atoms with van der Waals surface area (Å²) < 4.78 is 0. The zero-order valence-electron chi connectivity index (χ0n) is 18.2. The number of carbonyl (C=O) groups is 1. The van der Waals surface area contributed by atoms with Gasteiger partial charge in [-0.05, 0) is 61.2 Å². The van der Waals surface area contributed by atoms with Gasteiger partial charge in [0.1, 0.15) is 11.6 Å². The number of halogens is 1. The number of phenolic OH excluding ortho intramolecular Hbond substituents is 1. The van der Waals surface area contributed by atoms with Crippen LogP contribution < -0.4 is 10.6 Å². The summed E-state index contributed by atoms with van der Waals surface area (Å²) in [6.07, 6.45) is 1.78. The molecule has 32 heavy (non-hydrogen) atoms. The molecule has 2 aromatic carbocycles. The number of hydrogen-bond acceptors (Lipinski definition) is 5. The van der Waals surface area contributed by atoms with E-state index in [1.807, 2.05) is 24.3 Å². The number of β-amino-alcohol motifs (C(OH)–C–C–N with tert-alkyl or cyclic N) is 1. The van der Waals surface area contributed by atoms with Crippen molar-refractivity contribution in [3.05, 3.63) is 88.6 Å². The summed E-state index contributed by atoms with van der Waals surface area (Å²) in [6, 6.07) is 17.8. The molecule has 6 nitrogen and oxygen atoms in total. The van der Waals surface area contributed by atoms with Gasteiger partial charge >= 0.3 is 0 Å². The van der Waals surface area contributed by atoms with Crippen LogP contribution in [0, 0.1) is 0 Å². The SMILES string of the molecule is CC(C)(Cc1cccc(CC(=O)Nc2ccc(Cl)cn2)c1)NCC(O)c1ccc(O)cc1. The van der Waals surface area contributed by atoms with Gasteiger partial charge < -0.3 is 20.8 Å². The van der Waals surface area contributed by atoms with Gasteiger partial charge in [0.2, 0.25) is 5.91 Å². The van der Waals surface area contributed by atoms with Gasteiger partial charge in [-0.1, -0.05) is 48.0 Å². The highest BCUT2D eigenvalue weighted by molar-refractivity contribution is 6.30. The molecular formula is C25H28ClN3O3. The van der Waals surface area contributed by atoms with E-state index in [0.29, 0.717) is 17.4 Å². The van der Waals surface area contributed by atoms with Gasteiger partial charge in [0.05, 0.1) is 17.5 Å². The number of aliphatic hydroxyl groups excluding tert-OH is 1. The van der Waals surface area contributed by atoms with Crippen LogP contribution in [0.1, 0.15) is 36.6 Å². The van der Waals surface area contributed by atoms with Gasteiger partial charge in [-0.2, -0.15) is 0 Å². The first-order valence-electron chi connectivity index (χ1n) is 10.4. The molecule has 0 saturated carbocycles. The van der Waals surface area contributed by atoms with E-state index in [1.54, 1.807) is 36.4 Å². The third kappa shape index (κ3) is 7.34. The highest BCUT2D eigenvalue weighted by Gasteiger charge is 2.20. The first-order valence-corrected chi connectivity index (χ1v) is 10.8. The Labute approximate surface area is 193 Å². The van der Waals surface area contributed by atoms with Crippen LogP contribution in [0.2, 0.25) is 5.02 Å². The minimum Gasteiger partial charge on any atom is -0.508 e. The Hall–Kier alpha value is -2.93. The summed E-state index contributed by atoms with van der Waals surface area (Å²) >= 11 is 5.82. The zero-order chi connectivity index (χ0) is 23.1. The van der Waals surface area contributed by atoms with Crippen LogP contribution in [0.15, 0.2) is 66.9 Å². The second-order valence-electron chi connectivity index (χ2n) is 8.46. The number of nitrogens with zero attached hydrogens (tertiary/aromatic N) is 1. The predicted octanol–water partition coefficient (Wildman–Crippen LogP) is 4.27. The minimum atomic E-state index is -0.675. The van der Waals surface area contributed by atoms with Gasteiger partial charge in [0.15, 0.2) is 0 Å². The van der Waals surface area contributed by atoms with E-state index in [1.165, 1.54) is 6.20 Å². The molecule has 3 rings (SSSR count). The van der Waals surface area contributed by atoms with E-state index in [2.05, 4.69) is 29.5 Å². The minimum absolute atomic E-state index is 0.147. The van der Waals surface area contributed by atoms with Crippen molar-refractivity contribution in [2.45, 2.75) is 38.3 Å². The third-order valence-electron chi connectivity index (χ3n) is 5.05. The van der Waals surface area contributed by atoms with Gasteiger partial charge in [-0.25, -0.2) is 4.98 Å². The number of anilines is 1. The molecule has 1 atom stereocenters. The Morgan fingerprint density at radius 3 is 2.50 bits per heavy atom. The normalized spacial score (nSPS) is 12.4. The lowest BCUT2D eigenvalue weighted by molar-refractivity contribution is -0.115. The molecular weight excluding hydrogens is 426 g/mol. The number of carbonyl (C=O) groups excluding carboxylic acids is 1. The number of rotatable bonds is 9. The molecule has 1 unspecified atom stereocenters. The third-order valence-corrected chi connectivity index (χ3v) is 5.27. The number of nitrogens with one attached hydrogen (secondary N) is 2. The lowest BCUT2D eigenvalue weighted by atomic mass is 9.93. The molecule has 0 aliphatic carbocycles. The Kier molecular flexibility index (Phi) is 7.85. The molecule has 0 bridgehead atoms. The topological polar surface area (TPSA) is 94.5 Å². The molecule has 0 saturated heterocycles. The summed E-state index contributed by atoms with van der Waals surface area (Å²) in [5, 5.41) is 26.5. The van der Waals surface area contributed by atoms with Crippen LogP contribution in [0.4, 0.5) is 5.82 Å². The molecule has 3 aromatic rings. The Morgan fingerprint density at radius 1 is 1.09 bits per heavy atom. The molecule has 1 amide bonds. The quantitative estimate of drug-likeness (QED) is 0.388. The number of aromatic hydroxyl groups is 1. The first kappa shape index (κ1) is 23.7. The standard InChI is InChI=1S/C25H28ClN3O3/c1-25(2,28-16-22(31)19-6-9-21(30)10-7-19)14-18-5-3-4-17(12-18)13-24(32)29-23-11-8-20(26)15-27-23/h3-12,15,22,28,30-31H,13-14,16H2,1-2H3,(H,27,29,32). The highest BCUT2D eigenvalue weighted by atomic mass is 35.5. The predicted molar refractivity (Wildman–Crippen MR) is 127 cm³/mol. The number of aromatic nitrogens is 1. The second-order valence-corrected chi connectivity index (χ2v) is 8.89. The van der Waals surface area contributed by atoms with Gasteiger partial charge in [-0.3, -0.25) is 4.79 Å². The van der Waals surface area contributed by atoms with Crippen LogP contribution in [0.5, 0.6) is 5.75 Å². The number of amides is 1. The van der Waals surface area contributed by atoms with E-state index in [0.717, 1.165) is 23.1 Å². The smallest absolute Gasteiger partial charge is 0.229 e. The Balaban J connectivity index is 1.54. The maximum Gasteiger partial charge on any atom is 0.229 e. The first-order chi connectivity index (χ1) is 15.2. The lowest BCUT2D eigenvalue weighted by Crippen LogP contribution is -2.43. The summed E-state index contributed by atoms with van der Waals surface area (Å²) in [4.78, 5) is 16.4. The average molecular weight is 454 g/mol. The average Bonchev–Trinajstić information content (AvgIpc) is 2.74. The molecule has 7 heteroatoms. The number of pyridine rings is 1. The van der Waals surface area contributed by atoms with E-state index in [-0.39, 0.29) is 23.6 Å². The van der Waals surface area contributed by atoms with Crippen molar-refractivity contribution in [1.29, 1.82) is 0 Å². The lowest BCUT2D eigenvalue weighted by Gasteiger charge is -2.28. The second kappa shape index (κ2) is 10.6. The molecule has 0 aliphatic rings. The monoisotopic (exact) mass is 453 g/mol. The molecule has 0 fully saturated rings. The summed E-state index contributed by atoms with van der Waals surface area (Å²) in [5.41, 5.74) is 2.48. The van der Waals surface area contributed by atoms with Crippen molar-refractivity contribution in [1.82, 2.24) is 10.3 Å². The van der Waals surface area contributed by atoms with Crippen molar-refractivity contribution in [2.75, 3.05) is 11.9 Å². The fourth-order valence-electron chi connectivity index (χ4n) is 3.43. The zero-order valence-corrected chi connectivity index (χ0v) is 18.9. The Morgan fingerprint density at radius 2 is 1.81 bits per heavy atom. The largest absolute Gasteiger partial charge is 0.508 e. The fraction of sp³-hybridized carbons (Fsp3) is 0.280. The van der Waals surface area contributed by atoms with Crippen LogP contribution >= 0.6 is 11.6 Å². The van der Waals surface area contributed by atoms with E-state index < -0.39 is 6.10 Å². The van der Waals surface area contributed by atoms with Crippen LogP contribution in [0.3, 0.4) is 0 Å². The summed E-state index contributed by atoms with van der Waals surface area (Å²) in [6.45, 7) is 4.53. The van der Waals surface area contributed by atoms with E-state index >= 15 is 0 Å². The maximum absolute atomic E-state index is 12.4. The van der Waals surface area contributed by atoms with Crippen molar-refractivity contribution in [3.63, 3.8) is 0 Å². The van der Waals surface area contributed by atoms with E-state index in [4.69, 9.17) is 11.6 Å². The number of phenols is 1. The van der Waals surface area contributed by atoms with Crippen LogP contribution in [-0.4, -0.2) is 33.2 Å². The van der Waals surface area contributed by atoms with Gasteiger partial charge in [0.25, 0.3) is 0 Å². The molecule has 0 spiro atoms. The molecule has 4 N–H and O–H groups in total. The summed E-state index contributed by atoms with van der Waals surface area (Å²) in [7, 11) is 0. The van der Waals surface area contributed by atoms with Crippen molar-refractivity contribution in [2.24, 2.45) is 0 Å². The molecule has 1 aromatic heterocycles. The molecule has 1 heterocycles. The summed E-state index contributed by atoms with van der Waals surface area (Å²) in [5.74, 6) is 0.492. The maximum atomic E-state index is 12.4. The van der Waals surface area contributed by atoms with Gasteiger partial charge in [0, 0.05) is 18.3 Å². The van der Waals surface area contributed by atoms with Gasteiger partial charge in [-0.15, -0.1) is 0 Å². The van der Waals surface area contributed by atoms with Crippen molar-refractivity contribution >= 4 is 23.3 Å². The van der Waals surface area contributed by atoms with E-state index in [9.17, 15) is 15.0 Å². The van der Waals surface area contributed by atoms with Crippen LogP contribution in [-0.2, 0) is 17.6 Å². The number of hydrogen-bond donors (Lipinski definition) is 4. The fourth-order valence-corrected chi connectivity index (χ4v) is 3.54.